The molecule has 13 heavy (non-hydrogen) atoms. The summed E-state index contributed by atoms with van der Waals surface area (Å²) < 4.78 is 0. The lowest BCUT2D eigenvalue weighted by Gasteiger charge is -2.04. The van der Waals surface area contributed by atoms with Gasteiger partial charge in [-0.2, -0.15) is 0 Å². The Hall–Kier alpha value is -1.57. The molecular formula is C11H13NO. The zero-order valence-electron chi connectivity index (χ0n) is 7.66. The summed E-state index contributed by atoms with van der Waals surface area (Å²) in [6.07, 6.45) is 2.30. The smallest absolute Gasteiger partial charge is 0.144 e. The summed E-state index contributed by atoms with van der Waals surface area (Å²) >= 11 is 0. The minimum atomic E-state index is 0.761. The molecular weight excluding hydrogens is 162 g/mol. The summed E-state index contributed by atoms with van der Waals surface area (Å²) in [5, 5.41) is 3.13. The highest BCUT2D eigenvalue weighted by atomic mass is 16.1. The van der Waals surface area contributed by atoms with Crippen molar-refractivity contribution in [2.24, 2.45) is 0 Å². The van der Waals surface area contributed by atoms with Crippen LogP contribution in [0.4, 0.5) is 0 Å². The van der Waals surface area contributed by atoms with Gasteiger partial charge in [0.1, 0.15) is 6.29 Å². The van der Waals surface area contributed by atoms with Crippen molar-refractivity contribution in [2.45, 2.75) is 13.5 Å². The summed E-state index contributed by atoms with van der Waals surface area (Å²) in [4.78, 5) is 10.1. The highest BCUT2D eigenvalue weighted by molar-refractivity contribution is 5.65. The average molecular weight is 175 g/mol. The van der Waals surface area contributed by atoms with Crippen LogP contribution in [0.25, 0.3) is 0 Å². The molecule has 0 unspecified atom stereocenters. The number of aldehydes is 1. The zero-order chi connectivity index (χ0) is 9.52. The maximum Gasteiger partial charge on any atom is 0.144 e. The molecule has 0 saturated heterocycles. The van der Waals surface area contributed by atoms with Crippen molar-refractivity contribution in [2.75, 3.05) is 0 Å². The molecule has 1 aromatic rings. The highest BCUT2D eigenvalue weighted by Crippen LogP contribution is 1.98. The van der Waals surface area contributed by atoms with Crippen LogP contribution in [-0.4, -0.2) is 6.29 Å². The fraction of sp³-hybridized carbons (Fsp3) is 0.182. The second-order valence-corrected chi connectivity index (χ2v) is 2.82. The van der Waals surface area contributed by atoms with Gasteiger partial charge < -0.3 is 5.32 Å². The molecule has 0 aliphatic carbocycles. The second kappa shape index (κ2) is 5.14. The first kappa shape index (κ1) is 9.52. The van der Waals surface area contributed by atoms with E-state index in [0.29, 0.717) is 0 Å². The van der Waals surface area contributed by atoms with Crippen LogP contribution < -0.4 is 5.32 Å². The molecule has 0 amide bonds. The average Bonchev–Trinajstić information content (AvgIpc) is 2.17. The van der Waals surface area contributed by atoms with E-state index in [0.717, 1.165) is 18.5 Å². The zero-order valence-corrected chi connectivity index (χ0v) is 7.66. The molecule has 1 N–H and O–H groups in total. The fourth-order valence-corrected chi connectivity index (χ4v) is 0.998. The van der Waals surface area contributed by atoms with Crippen LogP contribution >= 0.6 is 0 Å². The number of carbonyl (C=O) groups is 1. The molecule has 0 heterocycles. The summed E-state index contributed by atoms with van der Waals surface area (Å²) in [6, 6.07) is 10.1. The molecule has 0 atom stereocenters. The van der Waals surface area contributed by atoms with Crippen molar-refractivity contribution in [3.63, 3.8) is 0 Å². The van der Waals surface area contributed by atoms with Gasteiger partial charge in [-0.1, -0.05) is 30.3 Å². The Morgan fingerprint density at radius 3 is 2.69 bits per heavy atom. The molecule has 0 saturated carbocycles. The van der Waals surface area contributed by atoms with E-state index in [-0.39, 0.29) is 0 Å². The Morgan fingerprint density at radius 1 is 1.38 bits per heavy atom. The number of benzene rings is 1. The number of hydrogen-bond donors (Lipinski definition) is 1. The SMILES string of the molecule is CC(=CC=O)NCc1ccccc1. The van der Waals surface area contributed by atoms with Gasteiger partial charge in [0, 0.05) is 12.2 Å². The van der Waals surface area contributed by atoms with Gasteiger partial charge in [0.05, 0.1) is 0 Å². The van der Waals surface area contributed by atoms with E-state index in [2.05, 4.69) is 5.32 Å². The van der Waals surface area contributed by atoms with Gasteiger partial charge in [0.15, 0.2) is 0 Å². The monoisotopic (exact) mass is 175 g/mol. The van der Waals surface area contributed by atoms with Crippen LogP contribution in [-0.2, 0) is 11.3 Å². The van der Waals surface area contributed by atoms with Crippen LogP contribution in [0.1, 0.15) is 12.5 Å². The minimum absolute atomic E-state index is 0.761. The van der Waals surface area contributed by atoms with Crippen molar-refractivity contribution >= 4 is 6.29 Å². The van der Waals surface area contributed by atoms with Crippen LogP contribution in [0.2, 0.25) is 0 Å². The van der Waals surface area contributed by atoms with Gasteiger partial charge >= 0.3 is 0 Å². The summed E-state index contributed by atoms with van der Waals surface area (Å²) in [5.74, 6) is 0. The van der Waals surface area contributed by atoms with E-state index >= 15 is 0 Å². The standard InChI is InChI=1S/C11H13NO/c1-10(7-8-13)12-9-11-5-3-2-4-6-11/h2-8,12H,9H2,1H3. The molecule has 2 heteroatoms. The summed E-state index contributed by atoms with van der Waals surface area (Å²) in [7, 11) is 0. The fourth-order valence-electron chi connectivity index (χ4n) is 0.998. The molecule has 0 fully saturated rings. The van der Waals surface area contributed by atoms with E-state index in [4.69, 9.17) is 0 Å². The Balaban J connectivity index is 2.44. The number of hydrogen-bond acceptors (Lipinski definition) is 2. The van der Waals surface area contributed by atoms with E-state index < -0.39 is 0 Å². The molecule has 2 nitrogen and oxygen atoms in total. The summed E-state index contributed by atoms with van der Waals surface area (Å²) in [5.41, 5.74) is 2.10. The third kappa shape index (κ3) is 3.56. The van der Waals surface area contributed by atoms with E-state index in [9.17, 15) is 4.79 Å². The molecule has 68 valence electrons. The predicted octanol–water partition coefficient (Wildman–Crippen LogP) is 1.88. The van der Waals surface area contributed by atoms with Gasteiger partial charge in [0.25, 0.3) is 0 Å². The van der Waals surface area contributed by atoms with Gasteiger partial charge in [-0.3, -0.25) is 4.79 Å². The van der Waals surface area contributed by atoms with Crippen molar-refractivity contribution < 1.29 is 4.79 Å². The maximum absolute atomic E-state index is 10.1. The highest BCUT2D eigenvalue weighted by Gasteiger charge is 1.89. The molecule has 1 rings (SSSR count). The largest absolute Gasteiger partial charge is 0.384 e. The first-order chi connectivity index (χ1) is 6.33. The van der Waals surface area contributed by atoms with E-state index in [1.165, 1.54) is 11.6 Å². The second-order valence-electron chi connectivity index (χ2n) is 2.82. The molecule has 0 aromatic heterocycles. The normalized spacial score (nSPS) is 11.0. The van der Waals surface area contributed by atoms with Gasteiger partial charge in [-0.25, -0.2) is 0 Å². The first-order valence-corrected chi connectivity index (χ1v) is 4.23. The number of rotatable bonds is 4. The molecule has 0 aliphatic heterocycles. The molecule has 0 spiro atoms. The van der Waals surface area contributed by atoms with Crippen molar-refractivity contribution in [3.05, 3.63) is 47.7 Å². The number of allylic oxidation sites excluding steroid dienone is 2. The van der Waals surface area contributed by atoms with Crippen molar-refractivity contribution in [1.29, 1.82) is 0 Å². The van der Waals surface area contributed by atoms with E-state index in [1.54, 1.807) is 0 Å². The minimum Gasteiger partial charge on any atom is -0.384 e. The summed E-state index contributed by atoms with van der Waals surface area (Å²) in [6.45, 7) is 2.63. The molecule has 0 radical (unpaired) electrons. The molecule has 0 bridgehead atoms. The number of nitrogens with one attached hydrogen (secondary N) is 1. The Morgan fingerprint density at radius 2 is 2.08 bits per heavy atom. The quantitative estimate of drug-likeness (QED) is 0.559. The number of carbonyl (C=O) groups excluding carboxylic acids is 1. The van der Waals surface area contributed by atoms with Crippen LogP contribution in [0.5, 0.6) is 0 Å². The molecule has 0 aliphatic rings. The van der Waals surface area contributed by atoms with E-state index in [1.807, 2.05) is 37.3 Å². The van der Waals surface area contributed by atoms with Crippen LogP contribution in [0, 0.1) is 0 Å². The van der Waals surface area contributed by atoms with Crippen LogP contribution in [0.3, 0.4) is 0 Å². The lowest BCUT2D eigenvalue weighted by Crippen LogP contribution is -2.10. The lowest BCUT2D eigenvalue weighted by molar-refractivity contribution is -0.104. The Labute approximate surface area is 78.3 Å². The van der Waals surface area contributed by atoms with Crippen molar-refractivity contribution in [3.8, 4) is 0 Å². The van der Waals surface area contributed by atoms with Gasteiger partial charge in [0.2, 0.25) is 0 Å². The molecule has 1 aromatic carbocycles. The third-order valence-electron chi connectivity index (χ3n) is 1.73. The topological polar surface area (TPSA) is 29.1 Å². The van der Waals surface area contributed by atoms with Gasteiger partial charge in [-0.05, 0) is 18.6 Å². The Kier molecular flexibility index (Phi) is 3.76. The predicted molar refractivity (Wildman–Crippen MR) is 53.1 cm³/mol. The Bertz CT molecular complexity index is 290. The van der Waals surface area contributed by atoms with Crippen LogP contribution in [0.15, 0.2) is 42.1 Å². The first-order valence-electron chi connectivity index (χ1n) is 4.23. The maximum atomic E-state index is 10.1. The van der Waals surface area contributed by atoms with Gasteiger partial charge in [-0.15, -0.1) is 0 Å². The third-order valence-corrected chi connectivity index (χ3v) is 1.73. The lowest BCUT2D eigenvalue weighted by atomic mass is 10.2. The van der Waals surface area contributed by atoms with Crippen molar-refractivity contribution in [1.82, 2.24) is 5.32 Å².